The molecule has 1 aliphatic rings. The maximum absolute atomic E-state index is 13.2. The summed E-state index contributed by atoms with van der Waals surface area (Å²) in [4.78, 5) is 21.3. The van der Waals surface area contributed by atoms with Crippen LogP contribution in [-0.4, -0.2) is 64.3 Å². The maximum atomic E-state index is 13.2. The summed E-state index contributed by atoms with van der Waals surface area (Å²) >= 11 is 0. The van der Waals surface area contributed by atoms with Crippen molar-refractivity contribution in [2.24, 2.45) is 0 Å². The zero-order chi connectivity index (χ0) is 28.2. The third-order valence-corrected chi connectivity index (χ3v) is 7.28. The predicted molar refractivity (Wildman–Crippen MR) is 143 cm³/mol. The van der Waals surface area contributed by atoms with Gasteiger partial charge in [0.15, 0.2) is 5.60 Å². The van der Waals surface area contributed by atoms with Crippen LogP contribution in [0, 0.1) is 6.92 Å². The fourth-order valence-electron chi connectivity index (χ4n) is 4.94. The highest BCUT2D eigenvalue weighted by atomic mass is 19.4. The van der Waals surface area contributed by atoms with Crippen LogP contribution in [0.1, 0.15) is 36.1 Å². The quantitative estimate of drug-likeness (QED) is 0.402. The molecule has 1 fully saturated rings. The molecule has 0 aliphatic carbocycles. The fraction of sp³-hybridized carbons (Fsp3) is 0.400. The smallest absolute Gasteiger partial charge is 0.421 e. The van der Waals surface area contributed by atoms with Crippen LogP contribution in [0.5, 0.6) is 0 Å². The maximum Gasteiger partial charge on any atom is 0.421 e. The van der Waals surface area contributed by atoms with E-state index in [2.05, 4.69) is 20.9 Å². The topological polar surface area (TPSA) is 65.9 Å². The molecule has 9 heteroatoms. The number of aryl methyl sites for hydroxylation is 1. The van der Waals surface area contributed by atoms with Gasteiger partial charge < -0.3 is 9.84 Å². The molecule has 1 aliphatic heterocycles. The Hall–Kier alpha value is -3.27. The normalized spacial score (nSPS) is 18.5. The second-order valence-electron chi connectivity index (χ2n) is 10.1. The number of halogens is 3. The van der Waals surface area contributed by atoms with E-state index in [1.807, 2.05) is 38.1 Å². The minimum Gasteiger partial charge on any atom is -0.465 e. The highest BCUT2D eigenvalue weighted by Crippen LogP contribution is 2.39. The Kier molecular flexibility index (Phi) is 8.73. The molecule has 0 amide bonds. The Bertz CT molecular complexity index is 1260. The lowest BCUT2D eigenvalue weighted by molar-refractivity contribution is -0.258. The van der Waals surface area contributed by atoms with Crippen molar-refractivity contribution in [2.45, 2.75) is 51.7 Å². The Morgan fingerprint density at radius 2 is 1.72 bits per heavy atom. The van der Waals surface area contributed by atoms with Gasteiger partial charge in [0.05, 0.1) is 6.61 Å². The van der Waals surface area contributed by atoms with E-state index in [-0.39, 0.29) is 17.6 Å². The Morgan fingerprint density at radius 3 is 2.33 bits per heavy atom. The zero-order valence-corrected chi connectivity index (χ0v) is 22.4. The van der Waals surface area contributed by atoms with Gasteiger partial charge in [-0.05, 0) is 66.3 Å². The number of rotatable bonds is 8. The number of alkyl halides is 3. The highest BCUT2D eigenvalue weighted by Gasteiger charge is 2.51. The lowest BCUT2D eigenvalue weighted by atomic mass is 9.92. The van der Waals surface area contributed by atoms with E-state index < -0.39 is 11.8 Å². The predicted octanol–water partition coefficient (Wildman–Crippen LogP) is 5.08. The number of hydrogen-bond donors (Lipinski definition) is 1. The van der Waals surface area contributed by atoms with Crippen molar-refractivity contribution in [2.75, 3.05) is 26.2 Å². The summed E-state index contributed by atoms with van der Waals surface area (Å²) in [5, 5.41) is 9.94. The minimum atomic E-state index is -4.76. The summed E-state index contributed by atoms with van der Waals surface area (Å²) in [6.07, 6.45) is -1.27. The molecule has 3 aromatic rings. The van der Waals surface area contributed by atoms with Gasteiger partial charge in [-0.3, -0.25) is 19.6 Å². The summed E-state index contributed by atoms with van der Waals surface area (Å²) in [5.74, 6) is -0.226. The van der Waals surface area contributed by atoms with Gasteiger partial charge in [0.25, 0.3) is 0 Å². The molecule has 1 aromatic heterocycles. The number of pyridine rings is 1. The van der Waals surface area contributed by atoms with Gasteiger partial charge >= 0.3 is 12.1 Å². The first-order valence-corrected chi connectivity index (χ1v) is 13.0. The van der Waals surface area contributed by atoms with E-state index in [4.69, 9.17) is 4.74 Å². The lowest BCUT2D eigenvalue weighted by Gasteiger charge is -2.40. The molecule has 1 saturated heterocycles. The Balaban J connectivity index is 1.45. The number of aliphatic hydroxyl groups is 1. The van der Waals surface area contributed by atoms with Crippen LogP contribution < -0.4 is 0 Å². The molecule has 1 unspecified atom stereocenters. The van der Waals surface area contributed by atoms with E-state index in [0.29, 0.717) is 26.2 Å². The van der Waals surface area contributed by atoms with Crippen molar-refractivity contribution < 1.29 is 27.8 Å². The molecule has 6 nitrogen and oxygen atoms in total. The molecule has 2 aromatic carbocycles. The molecule has 2 heterocycles. The molecule has 0 saturated carbocycles. The van der Waals surface area contributed by atoms with Gasteiger partial charge in [-0.15, -0.1) is 0 Å². The minimum absolute atomic E-state index is 0.202. The van der Waals surface area contributed by atoms with Crippen molar-refractivity contribution >= 4 is 5.97 Å². The summed E-state index contributed by atoms with van der Waals surface area (Å²) in [6.45, 7) is 8.22. The molecule has 4 rings (SSSR count). The molecule has 2 atom stereocenters. The van der Waals surface area contributed by atoms with E-state index >= 15 is 0 Å². The summed E-state index contributed by atoms with van der Waals surface area (Å²) < 4.78 is 44.9. The number of nitrogens with zero attached hydrogens (tertiary/aromatic N) is 3. The number of carbonyl (C=O) groups is 1. The first-order valence-electron chi connectivity index (χ1n) is 13.0. The van der Waals surface area contributed by atoms with Crippen LogP contribution in [0.15, 0.2) is 67.0 Å². The summed E-state index contributed by atoms with van der Waals surface area (Å²) in [5.41, 5.74) is 1.73. The van der Waals surface area contributed by atoms with Crippen molar-refractivity contribution in [1.82, 2.24) is 14.8 Å². The molecule has 39 heavy (non-hydrogen) atoms. The first-order chi connectivity index (χ1) is 18.5. The molecule has 0 bridgehead atoms. The molecule has 0 radical (unpaired) electrons. The van der Waals surface area contributed by atoms with Crippen molar-refractivity contribution in [3.05, 3.63) is 89.2 Å². The number of benzene rings is 2. The molecular weight excluding hydrogens is 507 g/mol. The van der Waals surface area contributed by atoms with Crippen LogP contribution in [0.25, 0.3) is 11.1 Å². The monoisotopic (exact) mass is 541 g/mol. The van der Waals surface area contributed by atoms with Gasteiger partial charge in [-0.2, -0.15) is 13.2 Å². The van der Waals surface area contributed by atoms with E-state index in [0.717, 1.165) is 47.8 Å². The number of carbonyl (C=O) groups excluding carboxylic acids is 1. The standard InChI is InChI=1S/C30H34F3N3O3/c1-4-39-28(37)27-20-35(15-16-36(27)19-22-11-13-34-14-12-22)18-23-5-10-26(21(2)17-23)24-6-8-25(9-7-24)29(3,38)30(31,32)33/h5-14,17,27,38H,4,15-16,18-20H2,1-3H3/t27-,29?/m0/s1. The summed E-state index contributed by atoms with van der Waals surface area (Å²) in [6, 6.07) is 15.4. The van der Waals surface area contributed by atoms with E-state index in [1.54, 1.807) is 24.5 Å². The van der Waals surface area contributed by atoms with Crippen molar-refractivity contribution in [3.8, 4) is 11.1 Å². The third kappa shape index (κ3) is 6.66. The second kappa shape index (κ2) is 11.9. The average Bonchev–Trinajstić information content (AvgIpc) is 2.90. The molecule has 208 valence electrons. The fourth-order valence-corrected chi connectivity index (χ4v) is 4.94. The van der Waals surface area contributed by atoms with Crippen molar-refractivity contribution in [1.29, 1.82) is 0 Å². The van der Waals surface area contributed by atoms with Gasteiger partial charge in [0.2, 0.25) is 0 Å². The van der Waals surface area contributed by atoms with E-state index in [1.165, 1.54) is 12.1 Å². The third-order valence-electron chi connectivity index (χ3n) is 7.28. The highest BCUT2D eigenvalue weighted by molar-refractivity contribution is 5.76. The zero-order valence-electron chi connectivity index (χ0n) is 22.4. The van der Waals surface area contributed by atoms with Gasteiger partial charge in [-0.25, -0.2) is 0 Å². The van der Waals surface area contributed by atoms with Gasteiger partial charge in [0.1, 0.15) is 6.04 Å². The van der Waals surface area contributed by atoms with Crippen LogP contribution in [0.4, 0.5) is 13.2 Å². The Morgan fingerprint density at radius 1 is 1.03 bits per heavy atom. The largest absolute Gasteiger partial charge is 0.465 e. The number of ether oxygens (including phenoxy) is 1. The number of piperazine rings is 1. The second-order valence-corrected chi connectivity index (χ2v) is 10.1. The number of hydrogen-bond acceptors (Lipinski definition) is 6. The van der Waals surface area contributed by atoms with Gasteiger partial charge in [0, 0.05) is 45.1 Å². The van der Waals surface area contributed by atoms with Gasteiger partial charge in [-0.1, -0.05) is 42.5 Å². The summed E-state index contributed by atoms with van der Waals surface area (Å²) in [7, 11) is 0. The van der Waals surface area contributed by atoms with E-state index in [9.17, 15) is 23.1 Å². The number of esters is 1. The molecule has 1 N–H and O–H groups in total. The van der Waals surface area contributed by atoms with Crippen LogP contribution >= 0.6 is 0 Å². The lowest BCUT2D eigenvalue weighted by Crippen LogP contribution is -2.56. The molecule has 0 spiro atoms. The SMILES string of the molecule is CCOC(=O)[C@@H]1CN(Cc2ccc(-c3ccc(C(C)(O)C(F)(F)F)cc3)c(C)c2)CCN1Cc1ccncc1. The van der Waals surface area contributed by atoms with Crippen molar-refractivity contribution in [3.63, 3.8) is 0 Å². The average molecular weight is 542 g/mol. The van der Waals surface area contributed by atoms with Crippen LogP contribution in [0.3, 0.4) is 0 Å². The first kappa shape index (κ1) is 28.7. The Labute approximate surface area is 227 Å². The molecular formula is C30H34F3N3O3. The number of aromatic nitrogens is 1. The van der Waals surface area contributed by atoms with Crippen LogP contribution in [0.2, 0.25) is 0 Å². The van der Waals surface area contributed by atoms with Crippen LogP contribution in [-0.2, 0) is 28.2 Å².